The summed E-state index contributed by atoms with van der Waals surface area (Å²) in [5, 5.41) is 2.22. The molecule has 4 heterocycles. The van der Waals surface area contributed by atoms with Gasteiger partial charge in [0.2, 0.25) is 32.0 Å². The summed E-state index contributed by atoms with van der Waals surface area (Å²) in [5.74, 6) is -6.35. The van der Waals surface area contributed by atoms with Crippen molar-refractivity contribution < 1.29 is 47.6 Å². The van der Waals surface area contributed by atoms with Crippen LogP contribution in [-0.2, 0) is 85.2 Å². The Morgan fingerprint density at radius 3 is 0.938 bits per heavy atom. The molecule has 96 heavy (non-hydrogen) atoms. The van der Waals surface area contributed by atoms with Crippen molar-refractivity contribution in [1.29, 1.82) is 0 Å². The van der Waals surface area contributed by atoms with E-state index in [1.165, 1.54) is 0 Å². The average Bonchev–Trinajstić information content (AvgIpc) is 1.27. The quantitative estimate of drug-likeness (QED) is 0.0558. The van der Waals surface area contributed by atoms with Crippen molar-refractivity contribution >= 4 is 111 Å². The van der Waals surface area contributed by atoms with Crippen molar-refractivity contribution in [1.82, 2.24) is 9.97 Å². The van der Waals surface area contributed by atoms with Crippen LogP contribution in [-0.4, -0.2) is 33.8 Å². The number of nitrogens with zero attached hydrogens (tertiary/aromatic N) is 4. The lowest BCUT2D eigenvalue weighted by Crippen LogP contribution is -2.51. The lowest BCUT2D eigenvalue weighted by atomic mass is 9.76. The number of esters is 4. The number of ether oxygens (including phenoxy) is 6. The number of carbonyl (C=O) groups excluding carboxylic acids is 4. The highest BCUT2D eigenvalue weighted by Gasteiger charge is 2.63. The summed E-state index contributed by atoms with van der Waals surface area (Å²) in [5.41, 5.74) is -5.99. The molecule has 0 amide bonds. The SMILES string of the molecule is O=C(OCc1ccccc1)C1(C(=O)OCc2ccccc2)OC2=CC3C=C4C(=CC3C=C2c2sc(N=c3c(=O)c5cc6ccccc6cc5c3=O)nc21)OC(C(=O)OCc1ccccc1)(C(=O)OCc1ccccc1)c1nc(N=c2c(=O)c3cc5ccccc5cc3c2=O)sc14. The zero-order chi connectivity index (χ0) is 65.4. The molecule has 18 nitrogen and oxygen atoms in total. The van der Waals surface area contributed by atoms with Gasteiger partial charge in [0.25, 0.3) is 0 Å². The lowest BCUT2D eigenvalue weighted by Gasteiger charge is -2.40. The number of benzene rings is 8. The van der Waals surface area contributed by atoms with Crippen LogP contribution in [0.3, 0.4) is 0 Å². The Kier molecular flexibility index (Phi) is 14.5. The van der Waals surface area contributed by atoms with Crippen molar-refractivity contribution in [3.63, 3.8) is 0 Å². The van der Waals surface area contributed by atoms with E-state index in [0.29, 0.717) is 22.3 Å². The Morgan fingerprint density at radius 1 is 0.385 bits per heavy atom. The molecule has 20 heteroatoms. The first-order valence-electron chi connectivity index (χ1n) is 30.4. The maximum atomic E-state index is 15.4. The maximum absolute atomic E-state index is 15.4. The molecule has 0 fully saturated rings. The molecule has 10 aromatic carbocycles. The van der Waals surface area contributed by atoms with E-state index >= 15 is 19.2 Å². The fraction of sp³-hybridized carbons (Fsp3) is 0.105. The number of aromatic nitrogens is 2. The topological polar surface area (TPSA) is 242 Å². The normalized spacial score (nSPS) is 16.2. The fourth-order valence-electron chi connectivity index (χ4n) is 12.5. The minimum atomic E-state index is -2.81. The zero-order valence-corrected chi connectivity index (χ0v) is 51.7. The highest BCUT2D eigenvalue weighted by atomic mass is 32.1. The van der Waals surface area contributed by atoms with Gasteiger partial charge in [-0.25, -0.2) is 39.1 Å². The zero-order valence-electron chi connectivity index (χ0n) is 50.1. The summed E-state index contributed by atoms with van der Waals surface area (Å²) in [4.78, 5) is 138. The van der Waals surface area contributed by atoms with Crippen LogP contribution in [0.25, 0.3) is 54.2 Å². The van der Waals surface area contributed by atoms with Gasteiger partial charge in [-0.2, -0.15) is 0 Å². The van der Waals surface area contributed by atoms with E-state index < -0.39 is 79.3 Å². The number of hydrogen-bond donors (Lipinski definition) is 0. The van der Waals surface area contributed by atoms with Gasteiger partial charge in [-0.3, -0.25) is 19.2 Å². The van der Waals surface area contributed by atoms with Gasteiger partial charge < -0.3 is 28.4 Å². The van der Waals surface area contributed by atoms with Gasteiger partial charge in [-0.1, -0.05) is 205 Å². The van der Waals surface area contributed by atoms with Crippen LogP contribution in [0.1, 0.15) is 43.4 Å². The molecule has 4 aliphatic rings. The van der Waals surface area contributed by atoms with Crippen LogP contribution in [0.4, 0.5) is 10.3 Å². The number of hydrogen-bond acceptors (Lipinski definition) is 20. The summed E-state index contributed by atoms with van der Waals surface area (Å²) < 4.78 is 37.9. The molecule has 0 saturated heterocycles. The number of thiazole rings is 2. The van der Waals surface area contributed by atoms with Crippen LogP contribution in [0, 0.1) is 11.8 Å². The standard InChI is InChI=1S/C76H46N4O14S2/c81-61-51-29-45-25-13-14-26-46(45)30-52(51)62(82)59(61)77-73-79-67-65(95-73)55-33-50-36-58-56(34-49(50)35-57(55)93-75(67,69(85)89-37-41-17-5-1-6-18-41)70(86)90-38-42-19-7-2-8-20-42)66-68(80-74(96-66)78-60-63(83)53-31-47-27-15-16-28-48(47)32-54(53)64(60)84)76(94-58,71(87)91-39-43-21-9-3-10-22-43)72(88)92-40-44-23-11-4-12-24-44/h1-36,49-50H,37-40H2. The first-order valence-corrected chi connectivity index (χ1v) is 32.0. The van der Waals surface area contributed by atoms with Crippen LogP contribution in [0.5, 0.6) is 0 Å². The van der Waals surface area contributed by atoms with Gasteiger partial charge in [-0.05, 0) is 80.2 Å². The van der Waals surface area contributed by atoms with E-state index in [0.717, 1.165) is 44.2 Å². The third-order valence-electron chi connectivity index (χ3n) is 17.3. The summed E-state index contributed by atoms with van der Waals surface area (Å²) >= 11 is 1.75. The molecule has 466 valence electrons. The molecule has 12 aromatic rings. The molecule has 2 aliphatic carbocycles. The molecule has 0 bridgehead atoms. The number of allylic oxidation sites excluding steroid dienone is 6. The van der Waals surface area contributed by atoms with Gasteiger partial charge >= 0.3 is 35.1 Å². The largest absolute Gasteiger partial charge is 0.458 e. The molecule has 0 spiro atoms. The molecule has 0 N–H and O–H groups in total. The predicted molar refractivity (Wildman–Crippen MR) is 357 cm³/mol. The van der Waals surface area contributed by atoms with Crippen LogP contribution in [0.2, 0.25) is 0 Å². The van der Waals surface area contributed by atoms with Crippen LogP contribution < -0.4 is 32.4 Å². The molecular weight excluding hydrogens is 1260 g/mol. The Bertz CT molecular complexity index is 5160. The van der Waals surface area contributed by atoms with Crippen molar-refractivity contribution in [2.75, 3.05) is 0 Å². The molecule has 0 saturated carbocycles. The Balaban J connectivity index is 0.874. The van der Waals surface area contributed by atoms with E-state index in [-0.39, 0.29) is 102 Å². The Morgan fingerprint density at radius 2 is 0.656 bits per heavy atom. The second kappa shape index (κ2) is 23.5. The smallest absolute Gasteiger partial charge is 0.369 e. The number of carbonyl (C=O) groups is 4. The van der Waals surface area contributed by atoms with Gasteiger partial charge in [0.15, 0.2) is 10.7 Å². The highest BCUT2D eigenvalue weighted by Crippen LogP contribution is 2.56. The third kappa shape index (κ3) is 10.00. The summed E-state index contributed by atoms with van der Waals surface area (Å²) in [6.07, 6.45) is 6.88. The van der Waals surface area contributed by atoms with Crippen molar-refractivity contribution in [2.24, 2.45) is 21.8 Å². The molecule has 2 aliphatic heterocycles. The minimum absolute atomic E-state index is 0.0112. The second-order valence-electron chi connectivity index (χ2n) is 23.3. The summed E-state index contributed by atoms with van der Waals surface area (Å²) in [7, 11) is 0. The van der Waals surface area contributed by atoms with E-state index in [1.807, 2.05) is 48.5 Å². The van der Waals surface area contributed by atoms with Gasteiger partial charge in [-0.15, -0.1) is 0 Å². The molecular formula is C76H46N4O14S2. The van der Waals surface area contributed by atoms with E-state index in [9.17, 15) is 19.2 Å². The van der Waals surface area contributed by atoms with E-state index in [1.54, 1.807) is 170 Å². The molecule has 2 aromatic heterocycles. The number of fused-ring (bicyclic) bond motifs is 11. The molecule has 2 unspecified atom stereocenters. The fourth-order valence-corrected chi connectivity index (χ4v) is 14.6. The summed E-state index contributed by atoms with van der Waals surface area (Å²) in [6.45, 7) is -1.26. The molecule has 16 rings (SSSR count). The second-order valence-corrected chi connectivity index (χ2v) is 25.2. The van der Waals surface area contributed by atoms with E-state index in [2.05, 4.69) is 9.98 Å². The van der Waals surface area contributed by atoms with E-state index in [4.69, 9.17) is 38.4 Å². The van der Waals surface area contributed by atoms with Crippen molar-refractivity contribution in [3.05, 3.63) is 325 Å². The van der Waals surface area contributed by atoms with Gasteiger partial charge in [0.05, 0.1) is 9.75 Å². The third-order valence-corrected chi connectivity index (χ3v) is 19.3. The molecule has 0 radical (unpaired) electrons. The number of rotatable bonds is 14. The lowest BCUT2D eigenvalue weighted by molar-refractivity contribution is -0.191. The van der Waals surface area contributed by atoms with Crippen molar-refractivity contribution in [2.45, 2.75) is 37.6 Å². The van der Waals surface area contributed by atoms with Gasteiger partial charge in [0.1, 0.15) is 49.3 Å². The maximum Gasteiger partial charge on any atom is 0.369 e. The monoisotopic (exact) mass is 1300 g/mol. The predicted octanol–water partition coefficient (Wildman–Crippen LogP) is 10.8. The van der Waals surface area contributed by atoms with Gasteiger partial charge in [0, 0.05) is 44.5 Å². The molecule has 2 atom stereocenters. The Hall–Kier alpha value is -12.0. The first-order chi connectivity index (χ1) is 46.8. The van der Waals surface area contributed by atoms with Crippen LogP contribution >= 0.6 is 22.7 Å². The van der Waals surface area contributed by atoms with Crippen LogP contribution in [0.15, 0.2) is 259 Å². The summed E-state index contributed by atoms with van der Waals surface area (Å²) in [6, 6.07) is 56.2. The minimum Gasteiger partial charge on any atom is -0.458 e. The van der Waals surface area contributed by atoms with Crippen molar-refractivity contribution in [3.8, 4) is 0 Å². The highest BCUT2D eigenvalue weighted by molar-refractivity contribution is 7.17. The first kappa shape index (κ1) is 59.0. The Labute approximate surface area is 550 Å². The average molecular weight is 1300 g/mol.